The normalized spacial score (nSPS) is 12.1. The molecule has 1 amide bonds. The van der Waals surface area contributed by atoms with E-state index >= 15 is 0 Å². The Labute approximate surface area is 186 Å². The number of fused-ring (bicyclic) bond motifs is 1. The maximum atomic E-state index is 12.9. The van der Waals surface area contributed by atoms with Gasteiger partial charge in [-0.15, -0.1) is 0 Å². The van der Waals surface area contributed by atoms with Gasteiger partial charge >= 0.3 is 5.69 Å². The second-order valence-corrected chi connectivity index (χ2v) is 8.64. The number of halogens is 1. The number of Topliss-reactive ketones (excluding diaryl/α,β-unsaturated/α-hetero) is 1. The van der Waals surface area contributed by atoms with Crippen LogP contribution in [0.5, 0.6) is 0 Å². The van der Waals surface area contributed by atoms with E-state index in [4.69, 9.17) is 11.6 Å². The van der Waals surface area contributed by atoms with Crippen LogP contribution in [0.1, 0.15) is 6.92 Å². The van der Waals surface area contributed by atoms with Crippen molar-refractivity contribution in [2.45, 2.75) is 17.2 Å². The third-order valence-corrected chi connectivity index (χ3v) is 6.14. The zero-order valence-electron chi connectivity index (χ0n) is 17.5. The van der Waals surface area contributed by atoms with Gasteiger partial charge in [0.05, 0.1) is 0 Å². The Morgan fingerprint density at radius 3 is 2.39 bits per heavy atom. The number of nitrogens with zero attached hydrogens (tertiary/aromatic N) is 5. The molecular weight excluding hydrogens is 442 g/mol. The van der Waals surface area contributed by atoms with Crippen LogP contribution < -0.4 is 11.2 Å². The van der Waals surface area contributed by atoms with Gasteiger partial charge in [-0.05, 0) is 19.1 Å². The number of hydrogen-bond donors (Lipinski definition) is 0. The molecule has 0 aliphatic rings. The largest absolute Gasteiger partial charge is 0.347 e. The lowest BCUT2D eigenvalue weighted by atomic mass is 10.2. The van der Waals surface area contributed by atoms with Crippen molar-refractivity contribution in [2.75, 3.05) is 14.1 Å². The molecule has 0 saturated carbocycles. The minimum Gasteiger partial charge on any atom is -0.347 e. The highest BCUT2D eigenvalue weighted by Gasteiger charge is 2.29. The number of carbonyl (C=O) groups excluding carboxylic acids is 2. The Morgan fingerprint density at radius 2 is 1.81 bits per heavy atom. The lowest BCUT2D eigenvalue weighted by Crippen LogP contribution is -2.38. The predicted octanol–water partition coefficient (Wildman–Crippen LogP) is 1.49. The molecule has 0 aliphatic heterocycles. The van der Waals surface area contributed by atoms with E-state index < -0.39 is 22.4 Å². The van der Waals surface area contributed by atoms with Gasteiger partial charge in [-0.2, -0.15) is 0 Å². The van der Waals surface area contributed by atoms with E-state index in [0.29, 0.717) is 10.6 Å². The number of amides is 1. The van der Waals surface area contributed by atoms with E-state index in [2.05, 4.69) is 9.97 Å². The van der Waals surface area contributed by atoms with Crippen molar-refractivity contribution in [1.29, 1.82) is 0 Å². The number of benzene rings is 1. The highest BCUT2D eigenvalue weighted by Crippen LogP contribution is 2.30. The van der Waals surface area contributed by atoms with Gasteiger partial charge < -0.3 is 4.90 Å². The minimum atomic E-state index is -1.11. The van der Waals surface area contributed by atoms with Crippen molar-refractivity contribution in [3.8, 4) is 11.4 Å². The first-order chi connectivity index (χ1) is 14.5. The number of carbonyl (C=O) groups is 2. The van der Waals surface area contributed by atoms with Gasteiger partial charge in [0.25, 0.3) is 5.56 Å². The molecule has 2 heterocycles. The van der Waals surface area contributed by atoms with Crippen molar-refractivity contribution < 1.29 is 9.59 Å². The van der Waals surface area contributed by atoms with Gasteiger partial charge in [0.15, 0.2) is 17.3 Å². The smallest absolute Gasteiger partial charge is 0.332 e. The van der Waals surface area contributed by atoms with Crippen molar-refractivity contribution in [3.05, 3.63) is 50.1 Å². The number of ketones is 1. The summed E-state index contributed by atoms with van der Waals surface area (Å²) in [6.07, 6.45) is 0. The maximum absolute atomic E-state index is 12.9. The van der Waals surface area contributed by atoms with E-state index in [1.165, 1.54) is 44.6 Å². The third kappa shape index (κ3) is 4.26. The minimum absolute atomic E-state index is 0.0539. The highest BCUT2D eigenvalue weighted by atomic mass is 35.5. The summed E-state index contributed by atoms with van der Waals surface area (Å²) in [4.78, 5) is 60.4. The van der Waals surface area contributed by atoms with Gasteiger partial charge in [-0.25, -0.2) is 14.8 Å². The molecule has 31 heavy (non-hydrogen) atoms. The summed E-state index contributed by atoms with van der Waals surface area (Å²) in [6.45, 7) is 1.30. The van der Waals surface area contributed by atoms with Gasteiger partial charge in [-0.3, -0.25) is 23.5 Å². The summed E-state index contributed by atoms with van der Waals surface area (Å²) in [5, 5.41) is -0.468. The topological polar surface area (TPSA) is 107 Å². The average molecular weight is 462 g/mol. The molecule has 2 aromatic heterocycles. The highest BCUT2D eigenvalue weighted by molar-refractivity contribution is 8.01. The third-order valence-electron chi connectivity index (χ3n) is 4.61. The Kier molecular flexibility index (Phi) is 6.33. The molecule has 9 nitrogen and oxygen atoms in total. The van der Waals surface area contributed by atoms with E-state index in [1.807, 2.05) is 0 Å². The molecule has 11 heteroatoms. The van der Waals surface area contributed by atoms with Crippen molar-refractivity contribution in [3.63, 3.8) is 0 Å². The summed E-state index contributed by atoms with van der Waals surface area (Å²) in [5.74, 6) is -0.614. The molecule has 3 rings (SSSR count). The second-order valence-electron chi connectivity index (χ2n) is 7.11. The molecule has 0 aliphatic carbocycles. The monoisotopic (exact) mass is 461 g/mol. The van der Waals surface area contributed by atoms with Crippen LogP contribution in [0.25, 0.3) is 22.4 Å². The first-order valence-electron chi connectivity index (χ1n) is 9.15. The van der Waals surface area contributed by atoms with Crippen LogP contribution in [0.2, 0.25) is 5.02 Å². The Morgan fingerprint density at radius 1 is 1.13 bits per heavy atom. The van der Waals surface area contributed by atoms with Crippen molar-refractivity contribution in [2.24, 2.45) is 14.1 Å². The number of thioether (sulfide) groups is 1. The van der Waals surface area contributed by atoms with Crippen LogP contribution in [0, 0.1) is 0 Å². The molecular formula is C20H20ClN5O4S. The summed E-state index contributed by atoms with van der Waals surface area (Å²) in [6, 6.07) is 6.78. The van der Waals surface area contributed by atoms with Crippen molar-refractivity contribution in [1.82, 2.24) is 24.0 Å². The van der Waals surface area contributed by atoms with Crippen LogP contribution in [0.4, 0.5) is 0 Å². The van der Waals surface area contributed by atoms with Gasteiger partial charge in [0, 0.05) is 38.8 Å². The number of rotatable bonds is 5. The zero-order valence-corrected chi connectivity index (χ0v) is 19.1. The number of aryl methyl sites for hydroxylation is 1. The lowest BCUT2D eigenvalue weighted by Gasteiger charge is -2.19. The standard InChI is InChI=1S/C20H20ClN5O4S/c1-10(27)14(19(29)24(2)3)31-17-13-16(25(4)20(30)26(5)18(13)28)22-15(23-17)11-7-6-8-12(21)9-11/h6-9,14H,1-5H3/t14-/m1/s1. The second kappa shape index (κ2) is 8.64. The van der Waals surface area contributed by atoms with Crippen LogP contribution in [0.15, 0.2) is 38.9 Å². The number of aromatic nitrogens is 4. The number of hydrogen-bond acceptors (Lipinski definition) is 7. The first kappa shape index (κ1) is 22.7. The maximum Gasteiger partial charge on any atom is 0.332 e. The molecule has 1 atom stereocenters. The van der Waals surface area contributed by atoms with E-state index in [-0.39, 0.29) is 27.7 Å². The first-order valence-corrected chi connectivity index (χ1v) is 10.4. The molecule has 162 valence electrons. The quantitative estimate of drug-likeness (QED) is 0.322. The summed E-state index contributed by atoms with van der Waals surface area (Å²) in [7, 11) is 5.91. The molecule has 0 saturated heterocycles. The Balaban J connectivity index is 2.37. The fourth-order valence-corrected chi connectivity index (χ4v) is 4.25. The molecule has 0 N–H and O–H groups in total. The molecule has 0 spiro atoms. The van der Waals surface area contributed by atoms with Gasteiger partial charge in [0.2, 0.25) is 5.91 Å². The van der Waals surface area contributed by atoms with E-state index in [1.54, 1.807) is 24.3 Å². The fourth-order valence-electron chi connectivity index (χ4n) is 2.92. The average Bonchev–Trinajstić information content (AvgIpc) is 2.73. The van der Waals surface area contributed by atoms with Crippen molar-refractivity contribution >= 4 is 46.1 Å². The lowest BCUT2D eigenvalue weighted by molar-refractivity contribution is -0.132. The zero-order chi connectivity index (χ0) is 23.0. The fraction of sp³-hybridized carbons (Fsp3) is 0.300. The molecule has 0 radical (unpaired) electrons. The van der Waals surface area contributed by atoms with E-state index in [9.17, 15) is 19.2 Å². The predicted molar refractivity (Wildman–Crippen MR) is 119 cm³/mol. The van der Waals surface area contributed by atoms with E-state index in [0.717, 1.165) is 16.3 Å². The van der Waals surface area contributed by atoms with Crippen LogP contribution in [-0.2, 0) is 23.7 Å². The van der Waals surface area contributed by atoms with Gasteiger partial charge in [0.1, 0.15) is 15.7 Å². The van der Waals surface area contributed by atoms with Crippen LogP contribution >= 0.6 is 23.4 Å². The molecule has 1 aromatic carbocycles. The van der Waals surface area contributed by atoms with Gasteiger partial charge in [-0.1, -0.05) is 35.5 Å². The molecule has 0 bridgehead atoms. The SMILES string of the molecule is CC(=O)[C@@H](Sc1nc(-c2cccc(Cl)c2)nc2c1c(=O)n(C)c(=O)n2C)C(=O)N(C)C. The molecule has 0 fully saturated rings. The molecule has 0 unspecified atom stereocenters. The molecule has 3 aromatic rings. The van der Waals surface area contributed by atoms with Crippen LogP contribution in [-0.4, -0.2) is 55.0 Å². The Hall–Kier alpha value is -2.98. The summed E-state index contributed by atoms with van der Waals surface area (Å²) in [5.41, 5.74) is -0.516. The van der Waals surface area contributed by atoms with Crippen LogP contribution in [0.3, 0.4) is 0 Å². The Bertz CT molecular complexity index is 1330. The summed E-state index contributed by atoms with van der Waals surface area (Å²) < 4.78 is 2.17. The summed E-state index contributed by atoms with van der Waals surface area (Å²) >= 11 is 6.95.